The Morgan fingerprint density at radius 2 is 1.79 bits per heavy atom. The van der Waals surface area contributed by atoms with Gasteiger partial charge in [0.15, 0.2) is 15.6 Å². The van der Waals surface area contributed by atoms with E-state index in [0.717, 1.165) is 0 Å². The third kappa shape index (κ3) is 4.06. The van der Waals surface area contributed by atoms with Gasteiger partial charge in [0.05, 0.1) is 16.1 Å². The molecule has 0 aliphatic heterocycles. The molecule has 0 heterocycles. The molecule has 4 nitrogen and oxygen atoms in total. The van der Waals surface area contributed by atoms with E-state index in [2.05, 4.69) is 0 Å². The van der Waals surface area contributed by atoms with E-state index in [9.17, 15) is 13.2 Å². The minimum atomic E-state index is -3.21. The van der Waals surface area contributed by atoms with Crippen LogP contribution in [0.3, 0.4) is 0 Å². The molecule has 19 heavy (non-hydrogen) atoms. The number of para-hydroxylation sites is 1. The maximum Gasteiger partial charge on any atom is 0.163 e. The summed E-state index contributed by atoms with van der Waals surface area (Å²) in [7, 11) is -3.21. The van der Waals surface area contributed by atoms with Gasteiger partial charge in [-0.1, -0.05) is 12.1 Å². The van der Waals surface area contributed by atoms with Gasteiger partial charge in [0, 0.05) is 0 Å². The highest BCUT2D eigenvalue weighted by Gasteiger charge is 2.28. The molecular formula is C14H20O4S. The van der Waals surface area contributed by atoms with Crippen LogP contribution in [0.15, 0.2) is 24.3 Å². The lowest BCUT2D eigenvalue weighted by atomic mass is 10.1. The molecule has 0 spiro atoms. The summed E-state index contributed by atoms with van der Waals surface area (Å²) >= 11 is 0. The number of ketones is 1. The molecule has 0 atom stereocenters. The Balaban J connectivity index is 2.72. The third-order valence-electron chi connectivity index (χ3n) is 2.81. The molecule has 1 rings (SSSR count). The zero-order valence-electron chi connectivity index (χ0n) is 11.8. The Bertz CT molecular complexity index is 553. The summed E-state index contributed by atoms with van der Waals surface area (Å²) in [4.78, 5) is 11.4. The summed E-state index contributed by atoms with van der Waals surface area (Å²) in [6, 6.07) is 6.83. The highest BCUT2D eigenvalue weighted by atomic mass is 32.2. The van der Waals surface area contributed by atoms with E-state index in [0.29, 0.717) is 11.3 Å². The Hall–Kier alpha value is -1.36. The molecule has 0 unspecified atom stereocenters. The van der Waals surface area contributed by atoms with Crippen LogP contribution < -0.4 is 4.74 Å². The molecule has 0 aliphatic carbocycles. The first-order valence-electron chi connectivity index (χ1n) is 6.10. The Morgan fingerprint density at radius 1 is 1.21 bits per heavy atom. The van der Waals surface area contributed by atoms with Crippen molar-refractivity contribution in [3.63, 3.8) is 0 Å². The van der Waals surface area contributed by atoms with Crippen LogP contribution >= 0.6 is 0 Å². The average molecular weight is 284 g/mol. The molecule has 0 fully saturated rings. The second kappa shape index (κ2) is 5.74. The smallest absolute Gasteiger partial charge is 0.163 e. The highest BCUT2D eigenvalue weighted by molar-refractivity contribution is 7.92. The molecule has 0 bridgehead atoms. The van der Waals surface area contributed by atoms with E-state index in [1.54, 1.807) is 45.0 Å². The van der Waals surface area contributed by atoms with Gasteiger partial charge in [0.25, 0.3) is 0 Å². The first-order valence-corrected chi connectivity index (χ1v) is 7.75. The maximum absolute atomic E-state index is 11.9. The predicted molar refractivity (Wildman–Crippen MR) is 75.5 cm³/mol. The van der Waals surface area contributed by atoms with Gasteiger partial charge in [-0.05, 0) is 39.8 Å². The van der Waals surface area contributed by atoms with Crippen molar-refractivity contribution in [1.82, 2.24) is 0 Å². The second-order valence-corrected chi connectivity index (χ2v) is 8.19. The van der Waals surface area contributed by atoms with Gasteiger partial charge in [-0.3, -0.25) is 4.79 Å². The lowest BCUT2D eigenvalue weighted by Gasteiger charge is -2.19. The summed E-state index contributed by atoms with van der Waals surface area (Å²) in [5, 5.41) is 0. The number of carbonyl (C=O) groups is 1. The molecule has 0 amide bonds. The fraction of sp³-hybridized carbons (Fsp3) is 0.500. The largest absolute Gasteiger partial charge is 0.492 e. The normalized spacial score (nSPS) is 12.2. The van der Waals surface area contributed by atoms with E-state index >= 15 is 0 Å². The van der Waals surface area contributed by atoms with Gasteiger partial charge in [-0.2, -0.15) is 0 Å². The Morgan fingerprint density at radius 3 is 2.32 bits per heavy atom. The number of benzene rings is 1. The first kappa shape index (κ1) is 15.7. The summed E-state index contributed by atoms with van der Waals surface area (Å²) in [6.45, 7) is 6.47. The van der Waals surface area contributed by atoms with Gasteiger partial charge in [0.2, 0.25) is 0 Å². The van der Waals surface area contributed by atoms with Crippen LogP contribution in [0.5, 0.6) is 5.75 Å². The molecule has 1 aromatic rings. The second-order valence-electron chi connectivity index (χ2n) is 5.33. The maximum atomic E-state index is 11.9. The number of carbonyl (C=O) groups excluding carboxylic acids is 1. The molecule has 5 heteroatoms. The quantitative estimate of drug-likeness (QED) is 0.779. The number of hydrogen-bond acceptors (Lipinski definition) is 4. The average Bonchev–Trinajstić information content (AvgIpc) is 2.27. The zero-order valence-corrected chi connectivity index (χ0v) is 12.6. The number of hydrogen-bond donors (Lipinski definition) is 0. The minimum Gasteiger partial charge on any atom is -0.492 e. The van der Waals surface area contributed by atoms with Gasteiger partial charge in [-0.15, -0.1) is 0 Å². The molecular weight excluding hydrogens is 264 g/mol. The van der Waals surface area contributed by atoms with Crippen molar-refractivity contribution in [1.29, 1.82) is 0 Å². The Labute approximate surface area is 114 Å². The predicted octanol–water partition coefficient (Wildman–Crippen LogP) is 2.48. The Kier molecular flexibility index (Phi) is 4.74. The van der Waals surface area contributed by atoms with Crippen molar-refractivity contribution < 1.29 is 17.9 Å². The molecule has 0 aliphatic rings. The molecule has 0 radical (unpaired) electrons. The molecule has 0 saturated carbocycles. The van der Waals surface area contributed by atoms with Gasteiger partial charge in [0.1, 0.15) is 12.4 Å². The van der Waals surface area contributed by atoms with Crippen molar-refractivity contribution >= 4 is 15.6 Å². The van der Waals surface area contributed by atoms with Crippen LogP contribution in [0.1, 0.15) is 38.1 Å². The molecule has 106 valence electrons. The fourth-order valence-corrected chi connectivity index (χ4v) is 2.37. The first-order chi connectivity index (χ1) is 8.65. The van der Waals surface area contributed by atoms with E-state index in [-0.39, 0.29) is 18.1 Å². The summed E-state index contributed by atoms with van der Waals surface area (Å²) in [5.41, 5.74) is 0.468. The van der Waals surface area contributed by atoms with Crippen LogP contribution in [0.2, 0.25) is 0 Å². The monoisotopic (exact) mass is 284 g/mol. The lowest BCUT2D eigenvalue weighted by Crippen LogP contribution is -2.32. The van der Waals surface area contributed by atoms with Crippen molar-refractivity contribution in [2.75, 3.05) is 12.4 Å². The van der Waals surface area contributed by atoms with E-state index in [4.69, 9.17) is 4.74 Å². The summed E-state index contributed by atoms with van der Waals surface area (Å²) in [5.74, 6) is 0.260. The van der Waals surface area contributed by atoms with Gasteiger partial charge >= 0.3 is 0 Å². The van der Waals surface area contributed by atoms with Crippen LogP contribution in [0.25, 0.3) is 0 Å². The molecule has 0 N–H and O–H groups in total. The van der Waals surface area contributed by atoms with Gasteiger partial charge < -0.3 is 4.74 Å². The van der Waals surface area contributed by atoms with Crippen LogP contribution in [0.4, 0.5) is 0 Å². The number of ether oxygens (including phenoxy) is 1. The molecule has 1 aromatic carbocycles. The molecule has 0 aromatic heterocycles. The zero-order chi connectivity index (χ0) is 14.7. The summed E-state index contributed by atoms with van der Waals surface area (Å²) in [6.07, 6.45) is 0. The van der Waals surface area contributed by atoms with Crippen LogP contribution in [0, 0.1) is 0 Å². The highest BCUT2D eigenvalue weighted by Crippen LogP contribution is 2.20. The number of sulfone groups is 1. The SMILES string of the molecule is CC(=O)c1ccccc1OCCS(=O)(=O)C(C)(C)C. The molecule has 0 saturated heterocycles. The minimum absolute atomic E-state index is 0.0455. The van der Waals surface area contributed by atoms with Crippen molar-refractivity contribution in [2.24, 2.45) is 0 Å². The van der Waals surface area contributed by atoms with E-state index in [1.807, 2.05) is 0 Å². The van der Waals surface area contributed by atoms with Gasteiger partial charge in [-0.25, -0.2) is 8.42 Å². The number of rotatable bonds is 5. The third-order valence-corrected chi connectivity index (χ3v) is 5.38. The van der Waals surface area contributed by atoms with E-state index in [1.165, 1.54) is 6.92 Å². The van der Waals surface area contributed by atoms with Crippen molar-refractivity contribution in [2.45, 2.75) is 32.4 Å². The van der Waals surface area contributed by atoms with Crippen LogP contribution in [-0.2, 0) is 9.84 Å². The lowest BCUT2D eigenvalue weighted by molar-refractivity contribution is 0.101. The fourth-order valence-electron chi connectivity index (χ4n) is 1.45. The van der Waals surface area contributed by atoms with Crippen LogP contribution in [-0.4, -0.2) is 31.3 Å². The number of Topliss-reactive ketones (excluding diaryl/α,β-unsaturated/α-hetero) is 1. The summed E-state index contributed by atoms with van der Waals surface area (Å²) < 4.78 is 28.5. The van der Waals surface area contributed by atoms with E-state index < -0.39 is 14.6 Å². The standard InChI is InChI=1S/C14H20O4S/c1-11(15)12-7-5-6-8-13(12)18-9-10-19(16,17)14(2,3)4/h5-8H,9-10H2,1-4H3. The van der Waals surface area contributed by atoms with Crippen molar-refractivity contribution in [3.8, 4) is 5.75 Å². The van der Waals surface area contributed by atoms with Crippen molar-refractivity contribution in [3.05, 3.63) is 29.8 Å². The topological polar surface area (TPSA) is 60.4 Å².